The summed E-state index contributed by atoms with van der Waals surface area (Å²) >= 11 is 6.11. The van der Waals surface area contributed by atoms with E-state index in [0.29, 0.717) is 43.5 Å². The van der Waals surface area contributed by atoms with Crippen LogP contribution in [-0.4, -0.2) is 46.8 Å². The number of nitro benzene ring substituents is 1. The number of carbonyl (C=O) groups excluding carboxylic acids is 1. The Hall–Kier alpha value is -3.43. The number of halogens is 2. The zero-order valence-corrected chi connectivity index (χ0v) is 18.3. The van der Waals surface area contributed by atoms with Gasteiger partial charge in [-0.2, -0.15) is 0 Å². The first kappa shape index (κ1) is 22.8. The summed E-state index contributed by atoms with van der Waals surface area (Å²) in [7, 11) is 0. The van der Waals surface area contributed by atoms with Crippen molar-refractivity contribution >= 4 is 23.2 Å². The number of para-hydroxylation sites is 2. The molecular weight excluding hydrogens is 453 g/mol. The lowest BCUT2D eigenvalue weighted by molar-refractivity contribution is -0.386. The average Bonchev–Trinajstić information content (AvgIpc) is 3.29. The Kier molecular flexibility index (Phi) is 6.90. The summed E-state index contributed by atoms with van der Waals surface area (Å²) in [6.45, 7) is 2.86. The molecule has 0 bridgehead atoms. The third-order valence-corrected chi connectivity index (χ3v) is 5.72. The van der Waals surface area contributed by atoms with Crippen molar-refractivity contribution in [2.75, 3.05) is 26.2 Å². The van der Waals surface area contributed by atoms with E-state index in [1.54, 1.807) is 35.2 Å². The van der Waals surface area contributed by atoms with Crippen molar-refractivity contribution in [1.82, 2.24) is 9.80 Å². The van der Waals surface area contributed by atoms with E-state index in [0.717, 1.165) is 5.56 Å². The van der Waals surface area contributed by atoms with Crippen LogP contribution in [-0.2, 0) is 13.2 Å². The summed E-state index contributed by atoms with van der Waals surface area (Å²) in [5.41, 5.74) is 0.701. The molecule has 4 rings (SSSR count). The van der Waals surface area contributed by atoms with Crippen LogP contribution in [0, 0.1) is 15.9 Å². The van der Waals surface area contributed by atoms with Gasteiger partial charge in [0.05, 0.1) is 4.92 Å². The number of rotatable bonds is 7. The summed E-state index contributed by atoms with van der Waals surface area (Å²) in [5, 5.41) is 11.5. The topological polar surface area (TPSA) is 89.1 Å². The number of nitro groups is 1. The highest BCUT2D eigenvalue weighted by Gasteiger charge is 2.25. The number of furan rings is 1. The van der Waals surface area contributed by atoms with Gasteiger partial charge < -0.3 is 14.1 Å². The van der Waals surface area contributed by atoms with E-state index in [-0.39, 0.29) is 35.5 Å². The predicted molar refractivity (Wildman–Crippen MR) is 119 cm³/mol. The van der Waals surface area contributed by atoms with Gasteiger partial charge in [0.15, 0.2) is 11.5 Å². The maximum atomic E-state index is 13.2. The van der Waals surface area contributed by atoms with Crippen LogP contribution < -0.4 is 4.74 Å². The minimum Gasteiger partial charge on any atom is -0.479 e. The predicted octanol–water partition coefficient (Wildman–Crippen LogP) is 4.52. The van der Waals surface area contributed by atoms with E-state index in [4.69, 9.17) is 20.8 Å². The molecule has 1 amide bonds. The molecule has 8 nitrogen and oxygen atoms in total. The number of amides is 1. The minimum atomic E-state index is -0.518. The van der Waals surface area contributed by atoms with Crippen molar-refractivity contribution in [2.24, 2.45) is 0 Å². The van der Waals surface area contributed by atoms with Gasteiger partial charge in [-0.25, -0.2) is 4.39 Å². The Morgan fingerprint density at radius 2 is 1.88 bits per heavy atom. The smallest absolute Gasteiger partial charge is 0.310 e. The van der Waals surface area contributed by atoms with Crippen molar-refractivity contribution in [1.29, 1.82) is 0 Å². The number of hydrogen-bond donors (Lipinski definition) is 0. The number of ether oxygens (including phenoxy) is 1. The van der Waals surface area contributed by atoms with Gasteiger partial charge in [-0.15, -0.1) is 0 Å². The molecule has 1 aliphatic heterocycles. The van der Waals surface area contributed by atoms with Crippen LogP contribution in [0.1, 0.15) is 21.9 Å². The number of carbonyl (C=O) groups is 1. The fourth-order valence-corrected chi connectivity index (χ4v) is 3.83. The van der Waals surface area contributed by atoms with Crippen LogP contribution in [0.2, 0.25) is 5.02 Å². The normalized spacial score (nSPS) is 14.3. The molecule has 1 aromatic heterocycles. The van der Waals surface area contributed by atoms with Crippen LogP contribution in [0.3, 0.4) is 0 Å². The highest BCUT2D eigenvalue weighted by Crippen LogP contribution is 2.27. The van der Waals surface area contributed by atoms with Gasteiger partial charge in [0.1, 0.15) is 18.2 Å². The number of hydrogen-bond acceptors (Lipinski definition) is 6. The first-order valence-electron chi connectivity index (χ1n) is 10.3. The Morgan fingerprint density at radius 1 is 1.12 bits per heavy atom. The van der Waals surface area contributed by atoms with Crippen LogP contribution in [0.4, 0.5) is 10.1 Å². The average molecular weight is 474 g/mol. The summed E-state index contributed by atoms with van der Waals surface area (Å²) in [6, 6.07) is 13.6. The van der Waals surface area contributed by atoms with Gasteiger partial charge in [-0.05, 0) is 35.9 Å². The molecule has 0 unspecified atom stereocenters. The van der Waals surface area contributed by atoms with Crippen molar-refractivity contribution in [3.63, 3.8) is 0 Å². The molecule has 0 aliphatic carbocycles. The van der Waals surface area contributed by atoms with Crippen LogP contribution >= 0.6 is 11.6 Å². The molecule has 0 saturated carbocycles. The Balaban J connectivity index is 1.30. The van der Waals surface area contributed by atoms with Crippen LogP contribution in [0.25, 0.3) is 0 Å². The highest BCUT2D eigenvalue weighted by atomic mass is 35.5. The Bertz CT molecular complexity index is 1160. The molecule has 1 aliphatic rings. The first-order chi connectivity index (χ1) is 15.9. The molecule has 33 heavy (non-hydrogen) atoms. The van der Waals surface area contributed by atoms with Gasteiger partial charge in [0.25, 0.3) is 5.91 Å². The third-order valence-electron chi connectivity index (χ3n) is 5.37. The van der Waals surface area contributed by atoms with Crippen molar-refractivity contribution in [3.05, 3.63) is 92.6 Å². The van der Waals surface area contributed by atoms with E-state index < -0.39 is 4.92 Å². The first-order valence-corrected chi connectivity index (χ1v) is 10.7. The Morgan fingerprint density at radius 3 is 2.61 bits per heavy atom. The second kappa shape index (κ2) is 10.0. The minimum absolute atomic E-state index is 0.0374. The molecule has 2 heterocycles. The van der Waals surface area contributed by atoms with E-state index in [2.05, 4.69) is 4.90 Å². The SMILES string of the molecule is O=C(c1ccc(COc2ccccc2[N+](=O)[O-])o1)N1CCN(Cc2ccc(F)cc2Cl)CC1. The monoisotopic (exact) mass is 473 g/mol. The largest absolute Gasteiger partial charge is 0.479 e. The maximum Gasteiger partial charge on any atom is 0.310 e. The van der Waals surface area contributed by atoms with E-state index in [1.807, 2.05) is 0 Å². The van der Waals surface area contributed by atoms with Crippen molar-refractivity contribution in [3.8, 4) is 5.75 Å². The van der Waals surface area contributed by atoms with Crippen LogP contribution in [0.5, 0.6) is 5.75 Å². The lowest BCUT2D eigenvalue weighted by Gasteiger charge is -2.34. The number of piperazine rings is 1. The molecule has 0 spiro atoms. The molecule has 0 radical (unpaired) electrons. The zero-order valence-electron chi connectivity index (χ0n) is 17.6. The molecule has 1 saturated heterocycles. The highest BCUT2D eigenvalue weighted by molar-refractivity contribution is 6.31. The molecule has 1 fully saturated rings. The fraction of sp³-hybridized carbons (Fsp3) is 0.261. The standard InChI is InChI=1S/C23H21ClFN3O5/c24-19-13-17(25)6-5-16(19)14-26-9-11-27(12-10-26)23(29)22-8-7-18(33-22)15-32-21-4-2-1-3-20(21)28(30)31/h1-8,13H,9-12,14-15H2. The molecule has 3 aromatic rings. The van der Waals surface area contributed by atoms with Gasteiger partial charge >= 0.3 is 5.69 Å². The fourth-order valence-electron chi connectivity index (χ4n) is 3.61. The van der Waals surface area contributed by atoms with Gasteiger partial charge in [0, 0.05) is 43.8 Å². The van der Waals surface area contributed by atoms with Crippen molar-refractivity contribution in [2.45, 2.75) is 13.2 Å². The van der Waals surface area contributed by atoms with Gasteiger partial charge in [-0.3, -0.25) is 19.8 Å². The molecule has 0 N–H and O–H groups in total. The molecular formula is C23H21ClFN3O5. The van der Waals surface area contributed by atoms with Gasteiger partial charge in [-0.1, -0.05) is 29.8 Å². The number of benzene rings is 2. The lowest BCUT2D eigenvalue weighted by Crippen LogP contribution is -2.48. The van der Waals surface area contributed by atoms with E-state index in [9.17, 15) is 19.3 Å². The van der Waals surface area contributed by atoms with Gasteiger partial charge in [0.2, 0.25) is 0 Å². The summed E-state index contributed by atoms with van der Waals surface area (Å²) < 4.78 is 24.4. The van der Waals surface area contributed by atoms with Crippen molar-refractivity contribution < 1.29 is 23.3 Å². The summed E-state index contributed by atoms with van der Waals surface area (Å²) in [6.07, 6.45) is 0. The summed E-state index contributed by atoms with van der Waals surface area (Å²) in [4.78, 5) is 27.2. The molecule has 172 valence electrons. The molecule has 10 heteroatoms. The quantitative estimate of drug-likeness (QED) is 0.370. The Labute approximate surface area is 194 Å². The lowest BCUT2D eigenvalue weighted by atomic mass is 10.2. The maximum absolute atomic E-state index is 13.2. The zero-order chi connectivity index (χ0) is 23.4. The van der Waals surface area contributed by atoms with E-state index in [1.165, 1.54) is 24.3 Å². The molecule has 2 aromatic carbocycles. The van der Waals surface area contributed by atoms with Crippen LogP contribution in [0.15, 0.2) is 59.0 Å². The summed E-state index contributed by atoms with van der Waals surface area (Å²) in [5.74, 6) is 0.104. The van der Waals surface area contributed by atoms with E-state index >= 15 is 0 Å². The second-order valence-electron chi connectivity index (χ2n) is 7.58. The third kappa shape index (κ3) is 5.50. The molecule has 0 atom stereocenters. The second-order valence-corrected chi connectivity index (χ2v) is 7.99. The number of nitrogens with zero attached hydrogens (tertiary/aromatic N) is 3.